The largest absolute Gasteiger partial charge is 0.492 e. The molecule has 7 nitrogen and oxygen atoms in total. The molecule has 1 aromatic rings. The molecule has 2 rings (SSSR count). The van der Waals surface area contributed by atoms with E-state index in [1.807, 2.05) is 6.92 Å². The Morgan fingerprint density at radius 3 is 2.86 bits per heavy atom. The smallest absolute Gasteiger partial charge is 0.319 e. The number of carbonyl (C=O) groups excluding carboxylic acids is 1. The molecule has 0 aliphatic carbocycles. The van der Waals surface area contributed by atoms with Crippen LogP contribution < -0.4 is 15.4 Å². The fourth-order valence-electron chi connectivity index (χ4n) is 2.12. The number of amides is 2. The molecule has 2 unspecified atom stereocenters. The Morgan fingerprint density at radius 1 is 1.38 bits per heavy atom. The van der Waals surface area contributed by atoms with Crippen LogP contribution in [0.4, 0.5) is 10.5 Å². The van der Waals surface area contributed by atoms with Gasteiger partial charge in [0.15, 0.2) is 0 Å². The van der Waals surface area contributed by atoms with Crippen LogP contribution in [0.25, 0.3) is 0 Å². The minimum Gasteiger partial charge on any atom is -0.492 e. The highest BCUT2D eigenvalue weighted by molar-refractivity contribution is 5.91. The van der Waals surface area contributed by atoms with Gasteiger partial charge in [-0.05, 0) is 19.1 Å². The minimum atomic E-state index is -0.979. The second kappa shape index (κ2) is 6.94. The van der Waals surface area contributed by atoms with Crippen molar-refractivity contribution in [2.45, 2.75) is 13.0 Å². The van der Waals surface area contributed by atoms with Gasteiger partial charge in [0, 0.05) is 0 Å². The van der Waals surface area contributed by atoms with Gasteiger partial charge in [-0.15, -0.1) is 0 Å². The van der Waals surface area contributed by atoms with Crippen LogP contribution in [0.15, 0.2) is 24.3 Å². The van der Waals surface area contributed by atoms with Crippen LogP contribution in [-0.2, 0) is 9.53 Å². The molecule has 1 aliphatic heterocycles. The quantitative estimate of drug-likeness (QED) is 0.760. The number of hydrogen-bond acceptors (Lipinski definition) is 4. The second-order valence-electron chi connectivity index (χ2n) is 4.62. The first-order valence-corrected chi connectivity index (χ1v) is 6.71. The molecule has 0 radical (unpaired) electrons. The molecule has 1 aromatic carbocycles. The first-order chi connectivity index (χ1) is 10.1. The van der Waals surface area contributed by atoms with Crippen LogP contribution in [0.1, 0.15) is 6.92 Å². The zero-order valence-electron chi connectivity index (χ0n) is 11.7. The SMILES string of the molecule is CCOc1ccccc1NC(=O)NC1COCC1C(=O)O. The third-order valence-electron chi connectivity index (χ3n) is 3.15. The number of aliphatic carboxylic acids is 1. The van der Waals surface area contributed by atoms with Crippen LogP contribution in [0.2, 0.25) is 0 Å². The van der Waals surface area contributed by atoms with Gasteiger partial charge in [-0.1, -0.05) is 12.1 Å². The van der Waals surface area contributed by atoms with Gasteiger partial charge in [-0.25, -0.2) is 4.79 Å². The van der Waals surface area contributed by atoms with Gasteiger partial charge in [0.1, 0.15) is 11.7 Å². The number of anilines is 1. The monoisotopic (exact) mass is 294 g/mol. The zero-order chi connectivity index (χ0) is 15.2. The van der Waals surface area contributed by atoms with Crippen molar-refractivity contribution < 1.29 is 24.2 Å². The molecule has 1 heterocycles. The van der Waals surface area contributed by atoms with Crippen molar-refractivity contribution in [2.75, 3.05) is 25.1 Å². The van der Waals surface area contributed by atoms with Gasteiger partial charge in [-0.2, -0.15) is 0 Å². The Morgan fingerprint density at radius 2 is 2.14 bits per heavy atom. The van der Waals surface area contributed by atoms with E-state index in [0.29, 0.717) is 18.0 Å². The predicted octanol–water partition coefficient (Wildman–Crippen LogP) is 1.31. The summed E-state index contributed by atoms with van der Waals surface area (Å²) in [5, 5.41) is 14.3. The topological polar surface area (TPSA) is 96.9 Å². The minimum absolute atomic E-state index is 0.107. The lowest BCUT2D eigenvalue weighted by Gasteiger charge is -2.17. The highest BCUT2D eigenvalue weighted by Gasteiger charge is 2.35. The average Bonchev–Trinajstić information content (AvgIpc) is 2.89. The van der Waals surface area contributed by atoms with Gasteiger partial charge in [-0.3, -0.25) is 4.79 Å². The Bertz CT molecular complexity index is 520. The van der Waals surface area contributed by atoms with E-state index in [9.17, 15) is 9.59 Å². The lowest BCUT2D eigenvalue weighted by Crippen LogP contribution is -2.44. The molecule has 0 aromatic heterocycles. The summed E-state index contributed by atoms with van der Waals surface area (Å²) in [5.74, 6) is -1.14. The van der Waals surface area contributed by atoms with Crippen LogP contribution >= 0.6 is 0 Å². The number of urea groups is 1. The number of carboxylic acid groups (broad SMARTS) is 1. The van der Waals surface area contributed by atoms with E-state index in [2.05, 4.69) is 10.6 Å². The highest BCUT2D eigenvalue weighted by atomic mass is 16.5. The normalized spacial score (nSPS) is 20.8. The maximum Gasteiger partial charge on any atom is 0.319 e. The lowest BCUT2D eigenvalue weighted by molar-refractivity contribution is -0.142. The summed E-state index contributed by atoms with van der Waals surface area (Å²) < 4.78 is 10.5. The van der Waals surface area contributed by atoms with Gasteiger partial charge in [0.05, 0.1) is 31.5 Å². The molecule has 2 atom stereocenters. The summed E-state index contributed by atoms with van der Waals surface area (Å²) in [4.78, 5) is 23.0. The van der Waals surface area contributed by atoms with Gasteiger partial charge < -0.3 is 25.2 Å². The maximum atomic E-state index is 12.0. The molecule has 21 heavy (non-hydrogen) atoms. The summed E-state index contributed by atoms with van der Waals surface area (Å²) in [6.45, 7) is 2.63. The van der Waals surface area contributed by atoms with E-state index in [1.165, 1.54) is 0 Å². The number of para-hydroxylation sites is 2. The molecular weight excluding hydrogens is 276 g/mol. The van der Waals surface area contributed by atoms with E-state index in [-0.39, 0.29) is 13.2 Å². The highest BCUT2D eigenvalue weighted by Crippen LogP contribution is 2.23. The van der Waals surface area contributed by atoms with Crippen molar-refractivity contribution in [2.24, 2.45) is 5.92 Å². The molecule has 1 saturated heterocycles. The molecule has 0 spiro atoms. The van der Waals surface area contributed by atoms with Gasteiger partial charge in [0.25, 0.3) is 0 Å². The Kier molecular flexibility index (Phi) is 4.99. The number of benzene rings is 1. The molecule has 0 saturated carbocycles. The van der Waals surface area contributed by atoms with Crippen LogP contribution in [0.3, 0.4) is 0 Å². The van der Waals surface area contributed by atoms with Crippen molar-refractivity contribution in [3.63, 3.8) is 0 Å². The van der Waals surface area contributed by atoms with Crippen LogP contribution in [0.5, 0.6) is 5.75 Å². The zero-order valence-corrected chi connectivity index (χ0v) is 11.7. The van der Waals surface area contributed by atoms with E-state index in [1.54, 1.807) is 24.3 Å². The van der Waals surface area contributed by atoms with Gasteiger partial charge in [0.2, 0.25) is 0 Å². The van der Waals surface area contributed by atoms with Crippen molar-refractivity contribution in [3.05, 3.63) is 24.3 Å². The first kappa shape index (κ1) is 15.1. The molecule has 1 fully saturated rings. The fourth-order valence-corrected chi connectivity index (χ4v) is 2.12. The Balaban J connectivity index is 1.97. The Labute approximate surface area is 122 Å². The molecule has 1 aliphatic rings. The average molecular weight is 294 g/mol. The van der Waals surface area contributed by atoms with Crippen LogP contribution in [-0.4, -0.2) is 43.0 Å². The number of carbonyl (C=O) groups is 2. The first-order valence-electron chi connectivity index (χ1n) is 6.71. The molecular formula is C14H18N2O5. The van der Waals surface area contributed by atoms with E-state index < -0.39 is 24.0 Å². The number of ether oxygens (including phenoxy) is 2. The van der Waals surface area contributed by atoms with Crippen molar-refractivity contribution in [1.82, 2.24) is 5.32 Å². The molecule has 114 valence electrons. The van der Waals surface area contributed by atoms with E-state index in [0.717, 1.165) is 0 Å². The summed E-state index contributed by atoms with van der Waals surface area (Å²) in [6.07, 6.45) is 0. The second-order valence-corrected chi connectivity index (χ2v) is 4.62. The lowest BCUT2D eigenvalue weighted by atomic mass is 10.0. The number of rotatable bonds is 5. The summed E-state index contributed by atoms with van der Waals surface area (Å²) in [5.41, 5.74) is 0.530. The molecule has 2 amide bonds. The van der Waals surface area contributed by atoms with Gasteiger partial charge >= 0.3 is 12.0 Å². The van der Waals surface area contributed by atoms with Crippen LogP contribution in [0, 0.1) is 5.92 Å². The maximum absolute atomic E-state index is 12.0. The summed E-state index contributed by atoms with van der Waals surface area (Å²) in [7, 11) is 0. The molecule has 0 bridgehead atoms. The van der Waals surface area contributed by atoms with E-state index >= 15 is 0 Å². The molecule has 7 heteroatoms. The summed E-state index contributed by atoms with van der Waals surface area (Å²) >= 11 is 0. The third kappa shape index (κ3) is 3.85. The Hall–Kier alpha value is -2.28. The summed E-state index contributed by atoms with van der Waals surface area (Å²) in [6, 6.07) is 6.02. The van der Waals surface area contributed by atoms with Crippen molar-refractivity contribution in [1.29, 1.82) is 0 Å². The third-order valence-corrected chi connectivity index (χ3v) is 3.15. The number of carboxylic acids is 1. The standard InChI is InChI=1S/C14H18N2O5/c1-2-21-12-6-4-3-5-10(12)15-14(19)16-11-8-20-7-9(11)13(17)18/h3-6,9,11H,2,7-8H2,1H3,(H,17,18)(H2,15,16,19). The van der Waals surface area contributed by atoms with Crippen molar-refractivity contribution >= 4 is 17.7 Å². The number of hydrogen-bond donors (Lipinski definition) is 3. The molecule has 3 N–H and O–H groups in total. The number of nitrogens with one attached hydrogen (secondary N) is 2. The fraction of sp³-hybridized carbons (Fsp3) is 0.429. The van der Waals surface area contributed by atoms with E-state index in [4.69, 9.17) is 14.6 Å². The van der Waals surface area contributed by atoms with Crippen molar-refractivity contribution in [3.8, 4) is 5.75 Å². The predicted molar refractivity (Wildman–Crippen MR) is 75.5 cm³/mol.